The van der Waals surface area contributed by atoms with Crippen molar-refractivity contribution in [1.29, 1.82) is 0 Å². The summed E-state index contributed by atoms with van der Waals surface area (Å²) in [4.78, 5) is 15.7. The van der Waals surface area contributed by atoms with Gasteiger partial charge in [0.1, 0.15) is 23.7 Å². The van der Waals surface area contributed by atoms with Crippen LogP contribution < -0.4 is 10.1 Å². The highest BCUT2D eigenvalue weighted by Gasteiger charge is 2.18. The van der Waals surface area contributed by atoms with Gasteiger partial charge < -0.3 is 15.0 Å². The van der Waals surface area contributed by atoms with Gasteiger partial charge >= 0.3 is 0 Å². The number of rotatable bonds is 7. The molecule has 5 heterocycles. The topological polar surface area (TPSA) is 94.8 Å². The normalized spacial score (nSPS) is 16.3. The van der Waals surface area contributed by atoms with Crippen LogP contribution in [-0.4, -0.2) is 69.4 Å². The van der Waals surface area contributed by atoms with E-state index in [1.54, 1.807) is 0 Å². The third-order valence-corrected chi connectivity index (χ3v) is 7.59. The van der Waals surface area contributed by atoms with Crippen LogP contribution in [0.4, 0.5) is 4.39 Å². The van der Waals surface area contributed by atoms with Crippen LogP contribution in [-0.2, 0) is 0 Å². The Morgan fingerprint density at radius 1 is 0.974 bits per heavy atom. The van der Waals surface area contributed by atoms with E-state index in [9.17, 15) is 4.39 Å². The van der Waals surface area contributed by atoms with Crippen LogP contribution in [0, 0.1) is 5.82 Å². The van der Waals surface area contributed by atoms with Crippen molar-refractivity contribution in [1.82, 2.24) is 35.4 Å². The molecule has 9 heteroatoms. The average molecular weight is 524 g/mol. The van der Waals surface area contributed by atoms with Gasteiger partial charge in [0.25, 0.3) is 0 Å². The fourth-order valence-electron chi connectivity index (χ4n) is 5.58. The van der Waals surface area contributed by atoms with Gasteiger partial charge in [-0.25, -0.2) is 14.4 Å². The lowest BCUT2D eigenvalue weighted by atomic mass is 10.0. The molecule has 1 saturated heterocycles. The predicted octanol–water partition coefficient (Wildman–Crippen LogP) is 5.16. The number of ether oxygens (including phenoxy) is 1. The molecule has 7 rings (SSSR count). The third kappa shape index (κ3) is 4.79. The van der Waals surface area contributed by atoms with Gasteiger partial charge in [-0.05, 0) is 80.4 Å². The molecule has 0 spiro atoms. The number of halogens is 1. The number of pyridine rings is 1. The molecule has 0 unspecified atom stereocenters. The molecule has 0 aliphatic carbocycles. The van der Waals surface area contributed by atoms with Crippen LogP contribution in [0.3, 0.4) is 0 Å². The fourth-order valence-corrected chi connectivity index (χ4v) is 5.58. The minimum Gasteiger partial charge on any atom is -0.492 e. The smallest absolute Gasteiger partial charge is 0.161 e. The van der Waals surface area contributed by atoms with E-state index in [1.165, 1.54) is 30.5 Å². The molecule has 198 valence electrons. The minimum absolute atomic E-state index is 0.335. The molecule has 8 nitrogen and oxygen atoms in total. The van der Waals surface area contributed by atoms with E-state index >= 15 is 0 Å². The van der Waals surface area contributed by atoms with E-state index in [0.29, 0.717) is 23.9 Å². The van der Waals surface area contributed by atoms with Crippen molar-refractivity contribution < 1.29 is 9.13 Å². The second-order valence-corrected chi connectivity index (χ2v) is 10.2. The molecule has 0 amide bonds. The lowest BCUT2D eigenvalue weighted by Gasteiger charge is -2.15. The van der Waals surface area contributed by atoms with Crippen molar-refractivity contribution in [2.24, 2.45) is 0 Å². The minimum atomic E-state index is -0.335. The average Bonchev–Trinajstić information content (AvgIpc) is 3.72. The first kappa shape index (κ1) is 24.0. The number of aromatic nitrogens is 5. The monoisotopic (exact) mass is 523 g/mol. The Bertz CT molecular complexity index is 1680. The third-order valence-electron chi connectivity index (χ3n) is 7.59. The molecule has 0 radical (unpaired) electrons. The standard InChI is InChI=1S/C30H30FN7O/c31-21-16-20(17-22(18-21)39-15-14-38-12-1-2-13-38)23-4-3-5-25-27(23)35-30(34-25)29-28-26(36-37-29)7-6-24(33-28)19-8-10-32-11-9-19/h3-8,16-18,32H,1-2,9-15H2,(H,34,35)(H,36,37). The molecule has 0 saturated carbocycles. The highest BCUT2D eigenvalue weighted by atomic mass is 19.1. The Labute approximate surface area is 225 Å². The molecule has 1 fully saturated rings. The van der Waals surface area contributed by atoms with Gasteiger partial charge in [0.2, 0.25) is 0 Å². The van der Waals surface area contributed by atoms with Crippen molar-refractivity contribution in [3.8, 4) is 28.4 Å². The Morgan fingerprint density at radius 2 is 1.90 bits per heavy atom. The summed E-state index contributed by atoms with van der Waals surface area (Å²) in [5.41, 5.74) is 7.61. The highest BCUT2D eigenvalue weighted by Crippen LogP contribution is 2.33. The number of para-hydroxylation sites is 1. The van der Waals surface area contributed by atoms with Crippen molar-refractivity contribution in [2.45, 2.75) is 19.3 Å². The van der Waals surface area contributed by atoms with Crippen LogP contribution in [0.25, 0.3) is 50.3 Å². The van der Waals surface area contributed by atoms with Crippen LogP contribution in [0.5, 0.6) is 5.75 Å². The first-order valence-corrected chi connectivity index (χ1v) is 13.6. The van der Waals surface area contributed by atoms with E-state index in [1.807, 2.05) is 36.4 Å². The van der Waals surface area contributed by atoms with Crippen LogP contribution in [0.15, 0.2) is 54.6 Å². The zero-order chi connectivity index (χ0) is 26.2. The van der Waals surface area contributed by atoms with Gasteiger partial charge in [0, 0.05) is 24.7 Å². The summed E-state index contributed by atoms with van der Waals surface area (Å²) in [5, 5.41) is 11.0. The number of imidazole rings is 1. The van der Waals surface area contributed by atoms with Crippen molar-refractivity contribution >= 4 is 27.6 Å². The maximum atomic E-state index is 14.7. The Balaban J connectivity index is 1.22. The number of fused-ring (bicyclic) bond motifs is 2. The van der Waals surface area contributed by atoms with Gasteiger partial charge in [0.15, 0.2) is 11.5 Å². The zero-order valence-electron chi connectivity index (χ0n) is 21.6. The predicted molar refractivity (Wildman–Crippen MR) is 151 cm³/mol. The first-order chi connectivity index (χ1) is 19.2. The van der Waals surface area contributed by atoms with E-state index in [0.717, 1.165) is 78.0 Å². The van der Waals surface area contributed by atoms with Gasteiger partial charge in [-0.1, -0.05) is 18.2 Å². The van der Waals surface area contributed by atoms with E-state index in [-0.39, 0.29) is 5.82 Å². The Kier molecular flexibility index (Phi) is 6.30. The van der Waals surface area contributed by atoms with Gasteiger partial charge in [0.05, 0.1) is 22.2 Å². The Hall–Kier alpha value is -4.08. The summed E-state index contributed by atoms with van der Waals surface area (Å²) in [6.07, 6.45) is 5.60. The van der Waals surface area contributed by atoms with Crippen molar-refractivity contribution in [2.75, 3.05) is 39.3 Å². The number of hydrogen-bond acceptors (Lipinski definition) is 6. The van der Waals surface area contributed by atoms with Gasteiger partial charge in [-0.15, -0.1) is 0 Å². The van der Waals surface area contributed by atoms with E-state index in [2.05, 4.69) is 31.5 Å². The van der Waals surface area contributed by atoms with Crippen molar-refractivity contribution in [3.05, 3.63) is 66.1 Å². The Morgan fingerprint density at radius 3 is 2.77 bits per heavy atom. The lowest BCUT2D eigenvalue weighted by Crippen LogP contribution is -2.25. The molecule has 5 aromatic rings. The largest absolute Gasteiger partial charge is 0.492 e. The number of nitrogens with zero attached hydrogens (tertiary/aromatic N) is 4. The molecule has 3 N–H and O–H groups in total. The number of benzene rings is 2. The summed E-state index contributed by atoms with van der Waals surface area (Å²) in [7, 11) is 0. The maximum absolute atomic E-state index is 14.7. The van der Waals surface area contributed by atoms with Gasteiger partial charge in [-0.2, -0.15) is 5.10 Å². The van der Waals surface area contributed by atoms with Crippen LogP contribution in [0.1, 0.15) is 25.0 Å². The molecule has 2 aliphatic rings. The van der Waals surface area contributed by atoms with E-state index < -0.39 is 0 Å². The SMILES string of the molecule is Fc1cc(OCCN2CCCC2)cc(-c2cccc3[nH]c(-c4n[nH]c5ccc(C6=CCNCC6)nc45)nc23)c1. The molecule has 3 aromatic heterocycles. The van der Waals surface area contributed by atoms with E-state index in [4.69, 9.17) is 14.7 Å². The summed E-state index contributed by atoms with van der Waals surface area (Å²) in [6.45, 7) is 5.41. The quantitative estimate of drug-likeness (QED) is 0.273. The number of likely N-dealkylation sites (tertiary alicyclic amines) is 1. The second-order valence-electron chi connectivity index (χ2n) is 10.2. The number of nitrogens with one attached hydrogen (secondary N) is 3. The van der Waals surface area contributed by atoms with Crippen LogP contribution >= 0.6 is 0 Å². The first-order valence-electron chi connectivity index (χ1n) is 13.6. The number of hydrogen-bond donors (Lipinski definition) is 3. The van der Waals surface area contributed by atoms with Crippen LogP contribution in [0.2, 0.25) is 0 Å². The summed E-state index contributed by atoms with van der Waals surface area (Å²) < 4.78 is 20.6. The zero-order valence-corrected chi connectivity index (χ0v) is 21.6. The molecular weight excluding hydrogens is 493 g/mol. The molecule has 2 aromatic carbocycles. The maximum Gasteiger partial charge on any atom is 0.161 e. The van der Waals surface area contributed by atoms with Gasteiger partial charge in [-0.3, -0.25) is 10.00 Å². The number of H-pyrrole nitrogens is 2. The summed E-state index contributed by atoms with van der Waals surface area (Å²) in [6, 6.07) is 14.8. The number of aromatic amines is 2. The lowest BCUT2D eigenvalue weighted by molar-refractivity contribution is 0.237. The molecule has 39 heavy (non-hydrogen) atoms. The highest BCUT2D eigenvalue weighted by molar-refractivity contribution is 5.96. The summed E-state index contributed by atoms with van der Waals surface area (Å²) in [5.74, 6) is 0.809. The second kappa shape index (κ2) is 10.2. The molecule has 2 aliphatic heterocycles. The molecule has 0 atom stereocenters. The molecular formula is C30H30FN7O. The van der Waals surface area contributed by atoms with Crippen molar-refractivity contribution in [3.63, 3.8) is 0 Å². The fraction of sp³-hybridized carbons (Fsp3) is 0.300. The molecule has 0 bridgehead atoms. The summed E-state index contributed by atoms with van der Waals surface area (Å²) >= 11 is 0.